The molecule has 128 valence electrons. The van der Waals surface area contributed by atoms with Crippen LogP contribution in [0.1, 0.15) is 38.7 Å². The van der Waals surface area contributed by atoms with E-state index in [-0.39, 0.29) is 17.6 Å². The third kappa shape index (κ3) is 7.19. The number of phenols is 1. The molecule has 0 aliphatic rings. The van der Waals surface area contributed by atoms with Gasteiger partial charge in [-0.2, -0.15) is 0 Å². The number of hydrogen-bond acceptors (Lipinski definition) is 4. The molecular weight excluding hydrogens is 294 g/mol. The van der Waals surface area contributed by atoms with E-state index in [1.165, 1.54) is 7.11 Å². The zero-order chi connectivity index (χ0) is 17.2. The minimum atomic E-state index is -0.423. The van der Waals surface area contributed by atoms with Crippen LogP contribution in [-0.2, 0) is 11.3 Å². The number of unbranched alkanes of at least 4 members (excludes halogenated alkanes) is 1. The smallest absolute Gasteiger partial charge is 0.220 e. The molecule has 0 saturated heterocycles. The van der Waals surface area contributed by atoms with Gasteiger partial charge in [-0.05, 0) is 36.5 Å². The Morgan fingerprint density at radius 2 is 2.13 bits per heavy atom. The fraction of sp³-hybridized carbons (Fsp3) is 0.500. The van der Waals surface area contributed by atoms with E-state index in [1.807, 2.05) is 19.9 Å². The summed E-state index contributed by atoms with van der Waals surface area (Å²) in [7, 11) is 1.49. The maximum atomic E-state index is 11.8. The van der Waals surface area contributed by atoms with E-state index in [9.17, 15) is 15.0 Å². The number of benzene rings is 1. The summed E-state index contributed by atoms with van der Waals surface area (Å²) in [4.78, 5) is 11.8. The summed E-state index contributed by atoms with van der Waals surface area (Å²) in [6.07, 6.45) is 5.23. The van der Waals surface area contributed by atoms with Gasteiger partial charge in [-0.15, -0.1) is 0 Å². The number of carbonyl (C=O) groups excluding carboxylic acids is 1. The molecule has 0 saturated carbocycles. The Morgan fingerprint density at radius 3 is 2.78 bits per heavy atom. The van der Waals surface area contributed by atoms with Crippen LogP contribution in [0.5, 0.6) is 11.5 Å². The minimum absolute atomic E-state index is 0.0187. The molecule has 0 aromatic heterocycles. The van der Waals surface area contributed by atoms with Gasteiger partial charge in [0.2, 0.25) is 5.91 Å². The molecule has 1 atom stereocenters. The molecule has 0 unspecified atom stereocenters. The van der Waals surface area contributed by atoms with Crippen molar-refractivity contribution in [2.75, 3.05) is 7.11 Å². The molecule has 0 aliphatic carbocycles. The minimum Gasteiger partial charge on any atom is -0.504 e. The highest BCUT2D eigenvalue weighted by molar-refractivity contribution is 5.75. The number of aliphatic hydroxyl groups is 1. The molecule has 0 radical (unpaired) electrons. The highest BCUT2D eigenvalue weighted by Crippen LogP contribution is 2.26. The summed E-state index contributed by atoms with van der Waals surface area (Å²) in [6, 6.07) is 4.99. The number of methoxy groups -OCH3 is 1. The van der Waals surface area contributed by atoms with Crippen molar-refractivity contribution in [2.24, 2.45) is 5.92 Å². The Balaban J connectivity index is 2.27. The molecule has 0 heterocycles. The lowest BCUT2D eigenvalue weighted by Crippen LogP contribution is -2.22. The second-order valence-electron chi connectivity index (χ2n) is 5.84. The number of aromatic hydroxyl groups is 1. The Morgan fingerprint density at radius 1 is 1.39 bits per heavy atom. The predicted octanol–water partition coefficient (Wildman–Crippen LogP) is 2.76. The first-order valence-electron chi connectivity index (χ1n) is 7.91. The molecule has 3 N–H and O–H groups in total. The number of nitrogens with one attached hydrogen (secondary N) is 1. The number of aliphatic hydroxyl groups excluding tert-OH is 1. The van der Waals surface area contributed by atoms with Gasteiger partial charge in [0.1, 0.15) is 0 Å². The number of carbonyl (C=O) groups is 1. The Labute approximate surface area is 138 Å². The van der Waals surface area contributed by atoms with Crippen LogP contribution in [0, 0.1) is 5.92 Å². The van der Waals surface area contributed by atoms with Crippen LogP contribution < -0.4 is 10.1 Å². The van der Waals surface area contributed by atoms with Gasteiger partial charge in [0.15, 0.2) is 11.5 Å². The molecule has 1 rings (SSSR count). The molecule has 0 spiro atoms. The molecule has 1 aromatic carbocycles. The summed E-state index contributed by atoms with van der Waals surface area (Å²) in [5.74, 6) is 0.662. The molecule has 0 aliphatic heterocycles. The average Bonchev–Trinajstić information content (AvgIpc) is 2.53. The van der Waals surface area contributed by atoms with Crippen molar-refractivity contribution in [2.45, 2.75) is 45.8 Å². The maximum absolute atomic E-state index is 11.8. The van der Waals surface area contributed by atoms with Crippen molar-refractivity contribution in [1.82, 2.24) is 5.32 Å². The number of phenolic OH excluding ortho intramolecular Hbond substituents is 1. The van der Waals surface area contributed by atoms with Crippen molar-refractivity contribution < 1.29 is 19.7 Å². The highest BCUT2D eigenvalue weighted by Gasteiger charge is 2.05. The Hall–Kier alpha value is -2.01. The summed E-state index contributed by atoms with van der Waals surface area (Å²) in [5.41, 5.74) is 0.868. The van der Waals surface area contributed by atoms with Gasteiger partial charge < -0.3 is 20.3 Å². The lowest BCUT2D eigenvalue weighted by molar-refractivity contribution is -0.121. The van der Waals surface area contributed by atoms with Crippen LogP contribution in [-0.4, -0.2) is 29.3 Å². The molecule has 5 heteroatoms. The number of hydrogen-bond donors (Lipinski definition) is 3. The first-order valence-corrected chi connectivity index (χ1v) is 7.91. The number of allylic oxidation sites excluding steroid dienone is 1. The van der Waals surface area contributed by atoms with Gasteiger partial charge in [-0.3, -0.25) is 4.79 Å². The van der Waals surface area contributed by atoms with Crippen molar-refractivity contribution in [3.05, 3.63) is 35.9 Å². The lowest BCUT2D eigenvalue weighted by Gasteiger charge is -2.09. The lowest BCUT2D eigenvalue weighted by atomic mass is 10.1. The van der Waals surface area contributed by atoms with Crippen molar-refractivity contribution in [3.63, 3.8) is 0 Å². The Bertz CT molecular complexity index is 526. The van der Waals surface area contributed by atoms with E-state index < -0.39 is 6.10 Å². The largest absolute Gasteiger partial charge is 0.504 e. The van der Waals surface area contributed by atoms with Crippen molar-refractivity contribution in [1.29, 1.82) is 0 Å². The molecule has 5 nitrogen and oxygen atoms in total. The van der Waals surface area contributed by atoms with Gasteiger partial charge >= 0.3 is 0 Å². The summed E-state index contributed by atoms with van der Waals surface area (Å²) < 4.78 is 5.03. The number of amides is 1. The monoisotopic (exact) mass is 321 g/mol. The molecular formula is C18H27NO4. The van der Waals surface area contributed by atoms with Gasteiger partial charge in [0.05, 0.1) is 13.2 Å². The van der Waals surface area contributed by atoms with Crippen LogP contribution in [0.2, 0.25) is 0 Å². The van der Waals surface area contributed by atoms with Crippen molar-refractivity contribution in [3.8, 4) is 11.5 Å². The van der Waals surface area contributed by atoms with Crippen LogP contribution in [0.4, 0.5) is 0 Å². The van der Waals surface area contributed by atoms with Gasteiger partial charge in [-0.1, -0.05) is 32.1 Å². The Kier molecular flexibility index (Phi) is 8.19. The topological polar surface area (TPSA) is 78.8 Å². The molecule has 23 heavy (non-hydrogen) atoms. The second-order valence-corrected chi connectivity index (χ2v) is 5.84. The van der Waals surface area contributed by atoms with Crippen LogP contribution in [0.15, 0.2) is 30.4 Å². The zero-order valence-corrected chi connectivity index (χ0v) is 14.1. The van der Waals surface area contributed by atoms with Gasteiger partial charge in [-0.25, -0.2) is 0 Å². The summed E-state index contributed by atoms with van der Waals surface area (Å²) >= 11 is 0. The van der Waals surface area contributed by atoms with E-state index in [2.05, 4.69) is 5.32 Å². The highest BCUT2D eigenvalue weighted by atomic mass is 16.5. The van der Waals surface area contributed by atoms with E-state index >= 15 is 0 Å². The summed E-state index contributed by atoms with van der Waals surface area (Å²) in [6.45, 7) is 4.32. The first kappa shape index (κ1) is 19.0. The predicted molar refractivity (Wildman–Crippen MR) is 90.3 cm³/mol. The molecule has 1 amide bonds. The molecule has 0 bridgehead atoms. The van der Waals surface area contributed by atoms with E-state index in [1.54, 1.807) is 24.3 Å². The maximum Gasteiger partial charge on any atom is 0.220 e. The van der Waals surface area contributed by atoms with Crippen LogP contribution in [0.3, 0.4) is 0 Å². The number of rotatable bonds is 9. The molecule has 0 fully saturated rings. The molecule has 1 aromatic rings. The summed E-state index contributed by atoms with van der Waals surface area (Å²) in [5, 5.41) is 22.0. The van der Waals surface area contributed by atoms with E-state index in [0.29, 0.717) is 18.7 Å². The van der Waals surface area contributed by atoms with Crippen molar-refractivity contribution >= 4 is 5.91 Å². The third-order valence-electron chi connectivity index (χ3n) is 3.52. The number of ether oxygens (including phenoxy) is 1. The normalized spacial score (nSPS) is 12.6. The quantitative estimate of drug-likeness (QED) is 0.483. The zero-order valence-electron chi connectivity index (χ0n) is 14.1. The van der Waals surface area contributed by atoms with Gasteiger partial charge in [0.25, 0.3) is 0 Å². The third-order valence-corrected chi connectivity index (χ3v) is 3.52. The standard InChI is InChI=1S/C18H27NO4/c1-13(2)15(20)7-5-4-6-8-18(22)19-12-14-9-10-16(21)17(11-14)23-3/h5,7,9-11,13,15,20-21H,4,6,8,12H2,1-3H3,(H,19,22)/b7-5+/t15-/m0/s1. The fourth-order valence-electron chi connectivity index (χ4n) is 1.96. The van der Waals surface area contributed by atoms with E-state index in [4.69, 9.17) is 4.74 Å². The van der Waals surface area contributed by atoms with E-state index in [0.717, 1.165) is 18.4 Å². The SMILES string of the molecule is COc1cc(CNC(=O)CCC/C=C/[C@H](O)C(C)C)ccc1O. The second kappa shape index (κ2) is 9.90. The van der Waals surface area contributed by atoms with Gasteiger partial charge in [0, 0.05) is 13.0 Å². The first-order chi connectivity index (χ1) is 10.9. The van der Waals surface area contributed by atoms with Crippen LogP contribution in [0.25, 0.3) is 0 Å². The fourth-order valence-corrected chi connectivity index (χ4v) is 1.96. The average molecular weight is 321 g/mol. The van der Waals surface area contributed by atoms with Crippen LogP contribution >= 0.6 is 0 Å².